The van der Waals surface area contributed by atoms with Gasteiger partial charge in [-0.3, -0.25) is 9.59 Å². The zero-order chi connectivity index (χ0) is 22.4. The van der Waals surface area contributed by atoms with Gasteiger partial charge < -0.3 is 10.2 Å². The number of rotatable bonds is 17. The molecular weight excluding hydrogens is 376 g/mol. The van der Waals surface area contributed by atoms with Crippen LogP contribution in [0.2, 0.25) is 0 Å². The maximum atomic E-state index is 12.4. The Hall–Kier alpha value is -1.06. The Kier molecular flexibility index (Phi) is 13.4. The summed E-state index contributed by atoms with van der Waals surface area (Å²) in [6.07, 6.45) is 17.7. The van der Waals surface area contributed by atoms with Crippen LogP contribution in [0.1, 0.15) is 130 Å². The summed E-state index contributed by atoms with van der Waals surface area (Å²) in [6.45, 7) is 6.57. The number of unbranched alkanes of at least 4 members (excludes halogenated alkanes) is 9. The van der Waals surface area contributed by atoms with Gasteiger partial charge in [0, 0.05) is 0 Å². The van der Waals surface area contributed by atoms with E-state index in [0.717, 1.165) is 38.5 Å². The monoisotopic (exact) mass is 424 g/mol. The number of hydrogen-bond donors (Lipinski definition) is 2. The first-order chi connectivity index (χ1) is 14.3. The number of hydrogen-bond acceptors (Lipinski definition) is 2. The first kappa shape index (κ1) is 27.0. The van der Waals surface area contributed by atoms with Gasteiger partial charge in [-0.1, -0.05) is 104 Å². The quantitative estimate of drug-likeness (QED) is 0.235. The third-order valence-corrected chi connectivity index (χ3v) is 7.35. The first-order valence-corrected chi connectivity index (χ1v) is 12.8. The third-order valence-electron chi connectivity index (χ3n) is 7.35. The van der Waals surface area contributed by atoms with Crippen LogP contribution >= 0.6 is 0 Å². The molecule has 1 aliphatic carbocycles. The highest BCUT2D eigenvalue weighted by Gasteiger charge is 2.52. The average molecular weight is 425 g/mol. The molecule has 0 spiro atoms. The molecule has 1 fully saturated rings. The molecule has 3 unspecified atom stereocenters. The first-order valence-electron chi connectivity index (χ1n) is 12.8. The van der Waals surface area contributed by atoms with Crippen molar-refractivity contribution in [2.24, 2.45) is 23.2 Å². The number of carboxylic acid groups (broad SMARTS) is 2. The Labute approximate surface area is 185 Å². The summed E-state index contributed by atoms with van der Waals surface area (Å²) in [5.41, 5.74) is -0.838. The summed E-state index contributed by atoms with van der Waals surface area (Å²) >= 11 is 0. The molecule has 4 heteroatoms. The van der Waals surface area contributed by atoms with Crippen LogP contribution in [0.3, 0.4) is 0 Å². The molecule has 0 bridgehead atoms. The highest BCUT2D eigenvalue weighted by atomic mass is 16.4. The van der Waals surface area contributed by atoms with E-state index in [4.69, 9.17) is 0 Å². The van der Waals surface area contributed by atoms with Gasteiger partial charge in [0.15, 0.2) is 0 Å². The van der Waals surface area contributed by atoms with Gasteiger partial charge in [-0.05, 0) is 37.5 Å². The minimum atomic E-state index is -0.838. The average Bonchev–Trinajstić information content (AvgIpc) is 2.69. The van der Waals surface area contributed by atoms with Crippen molar-refractivity contribution in [2.75, 3.05) is 0 Å². The lowest BCUT2D eigenvalue weighted by atomic mass is 9.58. The fraction of sp³-hybridized carbons (Fsp3) is 0.923. The lowest BCUT2D eigenvalue weighted by Gasteiger charge is -2.44. The summed E-state index contributed by atoms with van der Waals surface area (Å²) in [5, 5.41) is 20.0. The van der Waals surface area contributed by atoms with Gasteiger partial charge in [0.05, 0.1) is 11.3 Å². The van der Waals surface area contributed by atoms with E-state index in [2.05, 4.69) is 20.8 Å². The van der Waals surface area contributed by atoms with Crippen molar-refractivity contribution in [3.63, 3.8) is 0 Å². The van der Waals surface area contributed by atoms with Gasteiger partial charge in [0.1, 0.15) is 0 Å². The SMILES string of the molecule is CCCCCCCCCCCCC1C(C(=O)O)CCCC1(CCCC(C)C)C(=O)O. The van der Waals surface area contributed by atoms with Crippen molar-refractivity contribution in [2.45, 2.75) is 130 Å². The lowest BCUT2D eigenvalue weighted by Crippen LogP contribution is -2.47. The van der Waals surface area contributed by atoms with Crippen molar-refractivity contribution in [1.29, 1.82) is 0 Å². The Morgan fingerprint density at radius 1 is 0.900 bits per heavy atom. The summed E-state index contributed by atoms with van der Waals surface area (Å²) in [6, 6.07) is 0. The van der Waals surface area contributed by atoms with E-state index in [-0.39, 0.29) is 5.92 Å². The second kappa shape index (κ2) is 14.9. The highest BCUT2D eigenvalue weighted by Crippen LogP contribution is 2.50. The molecule has 0 saturated heterocycles. The standard InChI is InChI=1S/C26H48O4/c1-4-5-6-7-8-9-10-11-12-13-18-23-22(24(27)28)17-15-20-26(23,25(29)30)19-14-16-21(2)3/h21-23H,4-20H2,1-3H3,(H,27,28)(H,29,30). The molecular formula is C26H48O4. The van der Waals surface area contributed by atoms with Crippen LogP contribution in [0.5, 0.6) is 0 Å². The van der Waals surface area contributed by atoms with E-state index in [1.165, 1.54) is 51.4 Å². The maximum absolute atomic E-state index is 12.4. The number of carbonyl (C=O) groups is 2. The van der Waals surface area contributed by atoms with E-state index < -0.39 is 23.3 Å². The van der Waals surface area contributed by atoms with Gasteiger partial charge in [-0.25, -0.2) is 0 Å². The molecule has 0 aromatic heterocycles. The molecule has 0 radical (unpaired) electrons. The molecule has 1 aliphatic rings. The van der Waals surface area contributed by atoms with Gasteiger partial charge in [-0.15, -0.1) is 0 Å². The van der Waals surface area contributed by atoms with Crippen LogP contribution in [-0.2, 0) is 9.59 Å². The van der Waals surface area contributed by atoms with E-state index in [1.54, 1.807) is 0 Å². The van der Waals surface area contributed by atoms with Crippen molar-refractivity contribution >= 4 is 11.9 Å². The molecule has 4 nitrogen and oxygen atoms in total. The maximum Gasteiger partial charge on any atom is 0.309 e. The van der Waals surface area contributed by atoms with Gasteiger partial charge in [-0.2, -0.15) is 0 Å². The van der Waals surface area contributed by atoms with Crippen LogP contribution in [0, 0.1) is 23.2 Å². The van der Waals surface area contributed by atoms with Crippen molar-refractivity contribution in [3.8, 4) is 0 Å². The third kappa shape index (κ3) is 8.98. The van der Waals surface area contributed by atoms with Crippen LogP contribution in [0.15, 0.2) is 0 Å². The summed E-state index contributed by atoms with van der Waals surface area (Å²) in [5.74, 6) is -1.71. The predicted octanol–water partition coefficient (Wildman–Crippen LogP) is 7.70. The van der Waals surface area contributed by atoms with E-state index in [9.17, 15) is 19.8 Å². The van der Waals surface area contributed by atoms with E-state index in [1.807, 2.05) is 0 Å². The largest absolute Gasteiger partial charge is 0.481 e. The van der Waals surface area contributed by atoms with Gasteiger partial charge in [0.25, 0.3) is 0 Å². The molecule has 2 N–H and O–H groups in total. The fourth-order valence-corrected chi connectivity index (χ4v) is 5.54. The molecule has 0 amide bonds. The highest BCUT2D eigenvalue weighted by molar-refractivity contribution is 5.78. The molecule has 0 aromatic rings. The van der Waals surface area contributed by atoms with Crippen molar-refractivity contribution in [3.05, 3.63) is 0 Å². The zero-order valence-electron chi connectivity index (χ0n) is 20.0. The van der Waals surface area contributed by atoms with Crippen LogP contribution in [0.25, 0.3) is 0 Å². The Bertz CT molecular complexity index is 487. The lowest BCUT2D eigenvalue weighted by molar-refractivity contribution is -0.164. The summed E-state index contributed by atoms with van der Waals surface area (Å²) in [7, 11) is 0. The Balaban J connectivity index is 2.57. The zero-order valence-corrected chi connectivity index (χ0v) is 20.0. The Morgan fingerprint density at radius 3 is 1.97 bits per heavy atom. The molecule has 1 saturated carbocycles. The topological polar surface area (TPSA) is 74.6 Å². The molecule has 1 rings (SSSR count). The van der Waals surface area contributed by atoms with Crippen molar-refractivity contribution in [1.82, 2.24) is 0 Å². The predicted molar refractivity (Wildman–Crippen MR) is 124 cm³/mol. The fourth-order valence-electron chi connectivity index (χ4n) is 5.54. The normalized spacial score (nSPS) is 24.3. The molecule has 0 heterocycles. The molecule has 176 valence electrons. The summed E-state index contributed by atoms with van der Waals surface area (Å²) in [4.78, 5) is 24.4. The second-order valence-electron chi connectivity index (χ2n) is 10.2. The van der Waals surface area contributed by atoms with E-state index >= 15 is 0 Å². The minimum Gasteiger partial charge on any atom is -0.481 e. The molecule has 0 aromatic carbocycles. The Morgan fingerprint density at radius 2 is 1.47 bits per heavy atom. The summed E-state index contributed by atoms with van der Waals surface area (Å²) < 4.78 is 0. The van der Waals surface area contributed by atoms with Crippen LogP contribution < -0.4 is 0 Å². The second-order valence-corrected chi connectivity index (χ2v) is 10.2. The molecule has 0 aliphatic heterocycles. The smallest absolute Gasteiger partial charge is 0.309 e. The van der Waals surface area contributed by atoms with E-state index in [0.29, 0.717) is 25.2 Å². The molecule has 3 atom stereocenters. The molecule has 30 heavy (non-hydrogen) atoms. The van der Waals surface area contributed by atoms with Gasteiger partial charge >= 0.3 is 11.9 Å². The number of aliphatic carboxylic acids is 2. The number of carboxylic acids is 2. The van der Waals surface area contributed by atoms with Gasteiger partial charge in [0.2, 0.25) is 0 Å². The van der Waals surface area contributed by atoms with Crippen LogP contribution in [0.4, 0.5) is 0 Å². The van der Waals surface area contributed by atoms with Crippen LogP contribution in [-0.4, -0.2) is 22.2 Å². The minimum absolute atomic E-state index is 0.220. The van der Waals surface area contributed by atoms with Crippen molar-refractivity contribution < 1.29 is 19.8 Å².